The second-order valence-electron chi connectivity index (χ2n) is 4.49. The molecule has 2 nitrogen and oxygen atoms in total. The molecule has 4 heteroatoms. The van der Waals surface area contributed by atoms with Crippen LogP contribution in [0.1, 0.15) is 20.8 Å². The van der Waals surface area contributed by atoms with Crippen molar-refractivity contribution in [2.75, 3.05) is 18.1 Å². The second kappa shape index (κ2) is 5.55. The minimum Gasteiger partial charge on any atom is -0.396 e. The molecule has 0 amide bonds. The van der Waals surface area contributed by atoms with Gasteiger partial charge in [-0.15, -0.1) is 11.8 Å². The highest BCUT2D eigenvalue weighted by Crippen LogP contribution is 2.22. The van der Waals surface area contributed by atoms with E-state index in [1.807, 2.05) is 26.8 Å². The first kappa shape index (κ1) is 13.3. The Kier molecular flexibility index (Phi) is 4.62. The van der Waals surface area contributed by atoms with Crippen LogP contribution < -0.4 is 5.73 Å². The van der Waals surface area contributed by atoms with Gasteiger partial charge in [-0.1, -0.05) is 0 Å². The molecule has 1 aromatic carbocycles. The zero-order valence-electron chi connectivity index (χ0n) is 9.92. The van der Waals surface area contributed by atoms with Crippen molar-refractivity contribution in [2.24, 2.45) is 0 Å². The van der Waals surface area contributed by atoms with E-state index in [0.29, 0.717) is 6.61 Å². The number of halogens is 1. The molecule has 0 bridgehead atoms. The Bertz CT molecular complexity index is 349. The van der Waals surface area contributed by atoms with Crippen LogP contribution in [0.25, 0.3) is 0 Å². The lowest BCUT2D eigenvalue weighted by Gasteiger charge is -2.19. The van der Waals surface area contributed by atoms with Crippen LogP contribution in [-0.2, 0) is 4.74 Å². The Labute approximate surface area is 100 Å². The van der Waals surface area contributed by atoms with E-state index in [1.165, 1.54) is 6.07 Å². The Morgan fingerprint density at radius 2 is 2.06 bits per heavy atom. The highest BCUT2D eigenvalue weighted by atomic mass is 32.2. The summed E-state index contributed by atoms with van der Waals surface area (Å²) in [5.41, 5.74) is 5.46. The first-order valence-electron chi connectivity index (χ1n) is 5.20. The third-order valence-corrected chi connectivity index (χ3v) is 2.82. The van der Waals surface area contributed by atoms with Gasteiger partial charge in [-0.25, -0.2) is 4.39 Å². The van der Waals surface area contributed by atoms with Gasteiger partial charge in [-0.2, -0.15) is 0 Å². The standard InChI is InChI=1S/C12H18FNOS/c1-12(2,3)15-6-7-16-9-4-5-11(14)10(13)8-9/h4-5,8H,6-7,14H2,1-3H3. The Morgan fingerprint density at radius 1 is 1.38 bits per heavy atom. The largest absolute Gasteiger partial charge is 0.396 e. The third kappa shape index (κ3) is 4.86. The summed E-state index contributed by atoms with van der Waals surface area (Å²) in [5.74, 6) is 0.447. The van der Waals surface area contributed by atoms with Crippen LogP contribution in [0.5, 0.6) is 0 Å². The molecule has 0 fully saturated rings. The van der Waals surface area contributed by atoms with Gasteiger partial charge in [0.15, 0.2) is 0 Å². The van der Waals surface area contributed by atoms with Crippen LogP contribution in [0.3, 0.4) is 0 Å². The van der Waals surface area contributed by atoms with Gasteiger partial charge in [-0.3, -0.25) is 0 Å². The fraction of sp³-hybridized carbons (Fsp3) is 0.500. The summed E-state index contributed by atoms with van der Waals surface area (Å²) in [4.78, 5) is 0.879. The highest BCUT2D eigenvalue weighted by Gasteiger charge is 2.09. The number of hydrogen-bond donors (Lipinski definition) is 1. The lowest BCUT2D eigenvalue weighted by atomic mass is 10.2. The van der Waals surface area contributed by atoms with Crippen LogP contribution in [0, 0.1) is 5.82 Å². The van der Waals surface area contributed by atoms with Crippen molar-refractivity contribution in [1.82, 2.24) is 0 Å². The molecule has 0 aliphatic carbocycles. The number of thioether (sulfide) groups is 1. The molecule has 0 saturated heterocycles. The van der Waals surface area contributed by atoms with Crippen molar-refractivity contribution >= 4 is 17.4 Å². The third-order valence-electron chi connectivity index (χ3n) is 1.86. The van der Waals surface area contributed by atoms with E-state index in [-0.39, 0.29) is 17.1 Å². The maximum absolute atomic E-state index is 13.1. The summed E-state index contributed by atoms with van der Waals surface area (Å²) in [5, 5.41) is 0. The van der Waals surface area contributed by atoms with E-state index in [1.54, 1.807) is 17.8 Å². The van der Waals surface area contributed by atoms with Gasteiger partial charge in [0.05, 0.1) is 17.9 Å². The number of benzene rings is 1. The fourth-order valence-corrected chi connectivity index (χ4v) is 1.86. The van der Waals surface area contributed by atoms with Gasteiger partial charge in [0, 0.05) is 10.6 Å². The molecule has 0 aliphatic heterocycles. The lowest BCUT2D eigenvalue weighted by molar-refractivity contribution is 0.00695. The Hall–Kier alpha value is -0.740. The number of nitrogen functional groups attached to an aromatic ring is 1. The number of hydrogen-bond acceptors (Lipinski definition) is 3. The average Bonchev–Trinajstić information content (AvgIpc) is 2.17. The zero-order chi connectivity index (χ0) is 12.2. The molecule has 0 heterocycles. The molecule has 2 N–H and O–H groups in total. The number of nitrogens with two attached hydrogens (primary N) is 1. The monoisotopic (exact) mass is 243 g/mol. The van der Waals surface area contributed by atoms with Crippen molar-refractivity contribution < 1.29 is 9.13 Å². The van der Waals surface area contributed by atoms with Gasteiger partial charge in [0.1, 0.15) is 5.82 Å². The zero-order valence-corrected chi connectivity index (χ0v) is 10.7. The topological polar surface area (TPSA) is 35.2 Å². The second-order valence-corrected chi connectivity index (χ2v) is 5.66. The molecule has 0 saturated carbocycles. The minimum absolute atomic E-state index is 0.118. The quantitative estimate of drug-likeness (QED) is 0.500. The number of anilines is 1. The molecule has 0 aliphatic rings. The van der Waals surface area contributed by atoms with Crippen molar-refractivity contribution in [3.05, 3.63) is 24.0 Å². The van der Waals surface area contributed by atoms with E-state index >= 15 is 0 Å². The van der Waals surface area contributed by atoms with Gasteiger partial charge in [0.25, 0.3) is 0 Å². The van der Waals surface area contributed by atoms with Crippen LogP contribution in [0.15, 0.2) is 23.1 Å². The van der Waals surface area contributed by atoms with Crippen LogP contribution >= 0.6 is 11.8 Å². The molecule has 16 heavy (non-hydrogen) atoms. The maximum Gasteiger partial charge on any atom is 0.147 e. The molecule has 0 radical (unpaired) electrons. The van der Waals surface area contributed by atoms with Crippen molar-refractivity contribution in [2.45, 2.75) is 31.3 Å². The summed E-state index contributed by atoms with van der Waals surface area (Å²) in [6.45, 7) is 6.70. The van der Waals surface area contributed by atoms with Gasteiger partial charge in [-0.05, 0) is 39.0 Å². The summed E-state index contributed by atoms with van der Waals surface area (Å²) in [6, 6.07) is 4.86. The molecule has 0 aromatic heterocycles. The number of ether oxygens (including phenoxy) is 1. The van der Waals surface area contributed by atoms with E-state index < -0.39 is 0 Å². The van der Waals surface area contributed by atoms with Crippen LogP contribution in [0.2, 0.25) is 0 Å². The predicted molar refractivity (Wildman–Crippen MR) is 67.2 cm³/mol. The summed E-state index contributed by atoms with van der Waals surface area (Å²) in [7, 11) is 0. The molecular formula is C12H18FNOS. The van der Waals surface area contributed by atoms with E-state index in [9.17, 15) is 4.39 Å². The van der Waals surface area contributed by atoms with Crippen LogP contribution in [-0.4, -0.2) is 18.0 Å². The van der Waals surface area contributed by atoms with Gasteiger partial charge < -0.3 is 10.5 Å². The minimum atomic E-state index is -0.360. The average molecular weight is 243 g/mol. The van der Waals surface area contributed by atoms with E-state index in [2.05, 4.69) is 0 Å². The Morgan fingerprint density at radius 3 is 2.62 bits per heavy atom. The van der Waals surface area contributed by atoms with Crippen molar-refractivity contribution in [3.8, 4) is 0 Å². The molecular weight excluding hydrogens is 225 g/mol. The fourth-order valence-electron chi connectivity index (χ4n) is 1.11. The molecule has 1 rings (SSSR count). The summed E-state index contributed by atoms with van der Waals surface area (Å²) < 4.78 is 18.7. The molecule has 0 unspecified atom stereocenters. The highest BCUT2D eigenvalue weighted by molar-refractivity contribution is 7.99. The number of rotatable bonds is 4. The SMILES string of the molecule is CC(C)(C)OCCSc1ccc(N)c(F)c1. The normalized spacial score (nSPS) is 11.8. The summed E-state index contributed by atoms with van der Waals surface area (Å²) >= 11 is 1.56. The summed E-state index contributed by atoms with van der Waals surface area (Å²) in [6.07, 6.45) is 0. The molecule has 0 spiro atoms. The Balaban J connectivity index is 2.35. The lowest BCUT2D eigenvalue weighted by Crippen LogP contribution is -2.20. The van der Waals surface area contributed by atoms with Gasteiger partial charge >= 0.3 is 0 Å². The van der Waals surface area contributed by atoms with Crippen LogP contribution in [0.4, 0.5) is 10.1 Å². The van der Waals surface area contributed by atoms with Gasteiger partial charge in [0.2, 0.25) is 0 Å². The first-order chi connectivity index (χ1) is 7.38. The molecule has 0 atom stereocenters. The first-order valence-corrected chi connectivity index (χ1v) is 6.19. The smallest absolute Gasteiger partial charge is 0.147 e. The molecule has 1 aromatic rings. The van der Waals surface area contributed by atoms with Crippen molar-refractivity contribution in [1.29, 1.82) is 0 Å². The molecule has 90 valence electrons. The van der Waals surface area contributed by atoms with E-state index in [0.717, 1.165) is 10.6 Å². The predicted octanol–water partition coefficient (Wildman–Crippen LogP) is 3.32. The maximum atomic E-state index is 13.1. The van der Waals surface area contributed by atoms with E-state index in [4.69, 9.17) is 10.5 Å². The van der Waals surface area contributed by atoms with Crippen molar-refractivity contribution in [3.63, 3.8) is 0 Å².